The summed E-state index contributed by atoms with van der Waals surface area (Å²) in [5.74, 6) is -0.291. The number of carbonyl (C=O) groups excluding carboxylic acids is 3. The number of aromatic nitrogens is 1. The number of likely N-dealkylation sites (tertiary alicyclic amines) is 1. The number of nitrogens with zero attached hydrogens (tertiary/aromatic N) is 3. The molecular weight excluding hydrogens is 906 g/mol. The van der Waals surface area contributed by atoms with Gasteiger partial charge in [-0.25, -0.2) is 9.78 Å². The number of amides is 1. The highest BCUT2D eigenvalue weighted by atomic mass is 32.2. The number of rotatable bonds is 16. The van der Waals surface area contributed by atoms with Gasteiger partial charge in [-0.1, -0.05) is 182 Å². The number of hydrogen-bond donors (Lipinski definition) is 0. The van der Waals surface area contributed by atoms with E-state index in [4.69, 9.17) is 13.9 Å². The highest BCUT2D eigenvalue weighted by Gasteiger charge is 2.58. The molecule has 11 nitrogen and oxygen atoms in total. The van der Waals surface area contributed by atoms with E-state index in [2.05, 4.69) is 41.4 Å². The molecule has 1 aliphatic rings. The molecule has 0 N–H and O–H groups in total. The molecule has 0 bridgehead atoms. The van der Waals surface area contributed by atoms with E-state index in [0.717, 1.165) is 32.6 Å². The quantitative estimate of drug-likeness (QED) is 0.0175. The summed E-state index contributed by atoms with van der Waals surface area (Å²) in [6, 6.07) is 65.3. The summed E-state index contributed by atoms with van der Waals surface area (Å²) in [6.07, 6.45) is -1.38. The molecule has 4 unspecified atom stereocenters. The lowest BCUT2D eigenvalue weighted by Crippen LogP contribution is -2.62. The number of β-lactam (4-membered cyclic amide) rings is 1. The van der Waals surface area contributed by atoms with Crippen molar-refractivity contribution in [3.05, 3.63) is 262 Å². The Morgan fingerprint density at radius 2 is 1.14 bits per heavy atom. The molecule has 1 aromatic heterocycles. The van der Waals surface area contributed by atoms with E-state index in [1.54, 1.807) is 53.9 Å². The van der Waals surface area contributed by atoms with Gasteiger partial charge in [0.15, 0.2) is 12.0 Å². The van der Waals surface area contributed by atoms with E-state index in [-0.39, 0.29) is 17.0 Å². The molecule has 2 heterocycles. The number of benzene rings is 7. The molecule has 69 heavy (non-hydrogen) atoms. The van der Waals surface area contributed by atoms with Crippen molar-refractivity contribution < 1.29 is 33.2 Å². The molecule has 1 aliphatic heterocycles. The van der Waals surface area contributed by atoms with Gasteiger partial charge in [0.25, 0.3) is 0 Å². The van der Waals surface area contributed by atoms with Gasteiger partial charge in [0.1, 0.15) is 17.9 Å². The van der Waals surface area contributed by atoms with E-state index < -0.39 is 52.1 Å². The van der Waals surface area contributed by atoms with E-state index in [9.17, 15) is 19.7 Å². The summed E-state index contributed by atoms with van der Waals surface area (Å²) < 4.78 is 16.4. The van der Waals surface area contributed by atoms with Crippen molar-refractivity contribution in [1.29, 1.82) is 0 Å². The van der Waals surface area contributed by atoms with Crippen LogP contribution in [0.2, 0.25) is 0 Å². The number of thioether (sulfide) groups is 1. The second kappa shape index (κ2) is 20.2. The third-order valence-electron chi connectivity index (χ3n) is 12.1. The normalized spacial score (nSPS) is 15.6. The standard InChI is InChI=1S/C56H46N3O8PS/c1-39-57-49(37-65-39)51(66-40(2)60)50-52(61)58(54(50)69-56(43-23-11-4-12-24-43,44-25-13-5-14-26-44)45-27-15-6-16-28-45)38-68(46-29-17-7-18-30-46,47-31-19-8-20-32-47)48-35-33-42(34-36-48)55(62)67-53(59(63)64)41-21-9-3-10-22-41/h3-38,50-51,53-54H,1-2H3. The van der Waals surface area contributed by atoms with Crippen molar-refractivity contribution in [2.75, 3.05) is 0 Å². The Labute approximate surface area is 403 Å². The minimum atomic E-state index is -3.06. The fraction of sp³-hybridized carbons (Fsp3) is 0.125. The van der Waals surface area contributed by atoms with Gasteiger partial charge < -0.3 is 18.8 Å². The molecule has 9 rings (SSSR count). The van der Waals surface area contributed by atoms with Gasteiger partial charge in [-0.05, 0) is 63.8 Å². The highest BCUT2D eigenvalue weighted by Crippen LogP contribution is 2.57. The molecule has 7 aromatic carbocycles. The number of esters is 2. The molecule has 0 radical (unpaired) electrons. The summed E-state index contributed by atoms with van der Waals surface area (Å²) in [5.41, 5.74) is 3.56. The number of carbonyl (C=O) groups is 3. The van der Waals surface area contributed by atoms with Crippen LogP contribution in [0.5, 0.6) is 0 Å². The molecule has 4 atom stereocenters. The molecular formula is C56H46N3O8PS. The number of nitro groups is 1. The van der Waals surface area contributed by atoms with E-state index >= 15 is 4.79 Å². The van der Waals surface area contributed by atoms with Crippen molar-refractivity contribution in [1.82, 2.24) is 9.88 Å². The predicted octanol–water partition coefficient (Wildman–Crippen LogP) is 9.98. The van der Waals surface area contributed by atoms with Gasteiger partial charge >= 0.3 is 18.2 Å². The summed E-state index contributed by atoms with van der Waals surface area (Å²) in [5, 5.41) is 14.0. The average molecular weight is 952 g/mol. The number of aryl methyl sites for hydroxylation is 1. The minimum absolute atomic E-state index is 0.111. The molecule has 0 saturated carbocycles. The Morgan fingerprint density at radius 3 is 1.58 bits per heavy atom. The van der Waals surface area contributed by atoms with Crippen molar-refractivity contribution in [2.45, 2.75) is 36.3 Å². The van der Waals surface area contributed by atoms with E-state index in [1.807, 2.05) is 133 Å². The number of ether oxygens (including phenoxy) is 2. The molecule has 344 valence electrons. The van der Waals surface area contributed by atoms with Crippen molar-refractivity contribution in [3.63, 3.8) is 0 Å². The van der Waals surface area contributed by atoms with Gasteiger partial charge in [-0.3, -0.25) is 19.7 Å². The Bertz CT molecular complexity index is 2980. The van der Waals surface area contributed by atoms with Crippen LogP contribution in [0.1, 0.15) is 63.5 Å². The van der Waals surface area contributed by atoms with Crippen LogP contribution in [-0.4, -0.2) is 43.9 Å². The van der Waals surface area contributed by atoms with Crippen LogP contribution >= 0.6 is 18.6 Å². The zero-order valence-electron chi connectivity index (χ0n) is 37.6. The lowest BCUT2D eigenvalue weighted by molar-refractivity contribution is -0.574. The molecule has 13 heteroatoms. The summed E-state index contributed by atoms with van der Waals surface area (Å²) in [6.45, 7) is -0.0463. The monoisotopic (exact) mass is 951 g/mol. The van der Waals surface area contributed by atoms with Crippen LogP contribution in [0.25, 0.3) is 0 Å². The smallest absolute Gasteiger partial charge is 0.383 e. The van der Waals surface area contributed by atoms with Crippen LogP contribution in [0.15, 0.2) is 217 Å². The number of oxazole rings is 1. The first-order valence-electron chi connectivity index (χ1n) is 22.2. The zero-order valence-corrected chi connectivity index (χ0v) is 39.3. The Kier molecular flexibility index (Phi) is 13.6. The van der Waals surface area contributed by atoms with Crippen LogP contribution in [0, 0.1) is 23.0 Å². The van der Waals surface area contributed by atoms with Crippen LogP contribution in [0.4, 0.5) is 0 Å². The van der Waals surface area contributed by atoms with Crippen molar-refractivity contribution in [2.24, 2.45) is 5.92 Å². The Hall–Kier alpha value is -7.79. The molecule has 8 aromatic rings. The first kappa shape index (κ1) is 46.3. The largest absolute Gasteiger partial charge is 0.455 e. The van der Waals surface area contributed by atoms with E-state index in [1.165, 1.54) is 25.3 Å². The van der Waals surface area contributed by atoms with Gasteiger partial charge in [0.05, 0.1) is 26.2 Å². The molecule has 1 amide bonds. The lowest BCUT2D eigenvalue weighted by Gasteiger charge is -2.52. The topological polar surface area (TPSA) is 142 Å². The molecule has 0 aliphatic carbocycles. The third-order valence-corrected chi connectivity index (χ3v) is 17.9. The van der Waals surface area contributed by atoms with Gasteiger partial charge in [0.2, 0.25) is 5.91 Å². The van der Waals surface area contributed by atoms with Gasteiger partial charge in [-0.2, -0.15) is 0 Å². The fourth-order valence-corrected chi connectivity index (χ4v) is 14.7. The van der Waals surface area contributed by atoms with Crippen LogP contribution in [-0.2, 0) is 23.8 Å². The maximum Gasteiger partial charge on any atom is 0.383 e. The van der Waals surface area contributed by atoms with Crippen molar-refractivity contribution in [3.8, 4) is 0 Å². The van der Waals surface area contributed by atoms with E-state index in [0.29, 0.717) is 11.6 Å². The summed E-state index contributed by atoms with van der Waals surface area (Å²) in [7, 11) is 0. The van der Waals surface area contributed by atoms with Gasteiger partial charge in [-0.15, -0.1) is 11.8 Å². The SMILES string of the molecule is CC(=O)OC(c1coc(C)n1)C1C(=O)N(C=P(c2ccccc2)(c2ccccc2)c2ccc(C(=O)OC(c3ccccc3)[N+](=O)[O-])cc2)C1SC(c1ccccc1)(c1ccccc1)c1ccccc1. The van der Waals surface area contributed by atoms with Gasteiger partial charge in [0, 0.05) is 19.8 Å². The predicted molar refractivity (Wildman–Crippen MR) is 269 cm³/mol. The summed E-state index contributed by atoms with van der Waals surface area (Å²) in [4.78, 5) is 60.3. The third kappa shape index (κ3) is 9.16. The van der Waals surface area contributed by atoms with Crippen molar-refractivity contribution >= 4 is 58.3 Å². The maximum absolute atomic E-state index is 15.6. The van der Waals surface area contributed by atoms with Crippen LogP contribution < -0.4 is 15.9 Å². The zero-order chi connectivity index (χ0) is 48.0. The fourth-order valence-electron chi connectivity index (χ4n) is 8.97. The molecule has 1 saturated heterocycles. The lowest BCUT2D eigenvalue weighted by atomic mass is 9.84. The first-order valence-corrected chi connectivity index (χ1v) is 25.0. The number of hydrogen-bond acceptors (Lipinski definition) is 10. The average Bonchev–Trinajstić information content (AvgIpc) is 3.84. The second-order valence-electron chi connectivity index (χ2n) is 16.4. The minimum Gasteiger partial charge on any atom is -0.455 e. The maximum atomic E-state index is 15.6. The Balaban J connectivity index is 1.27. The second-order valence-corrected chi connectivity index (χ2v) is 20.9. The van der Waals surface area contributed by atoms with Crippen LogP contribution in [0.3, 0.4) is 0 Å². The summed E-state index contributed by atoms with van der Waals surface area (Å²) >= 11 is 1.58. The highest BCUT2D eigenvalue weighted by molar-refractivity contribution is 8.01. The molecule has 0 spiro atoms. The Morgan fingerprint density at radius 1 is 0.696 bits per heavy atom. The first-order chi connectivity index (χ1) is 33.6. The molecule has 1 fully saturated rings.